The first-order valence-electron chi connectivity index (χ1n) is 11.5. The summed E-state index contributed by atoms with van der Waals surface area (Å²) in [6.07, 6.45) is 11.9. The molecule has 27 heavy (non-hydrogen) atoms. The largest absolute Gasteiger partial charge is 0.419 e. The number of ether oxygens (including phenoxy) is 3. The molecular formula is C22H44O4Si. The third kappa shape index (κ3) is 4.97. The molecule has 0 saturated carbocycles. The highest BCUT2D eigenvalue weighted by molar-refractivity contribution is 5.98. The molecular weight excluding hydrogens is 356 g/mol. The van der Waals surface area contributed by atoms with Crippen LogP contribution in [0.25, 0.3) is 0 Å². The molecule has 2 heterocycles. The summed E-state index contributed by atoms with van der Waals surface area (Å²) in [7, 11) is 0.706. The van der Waals surface area contributed by atoms with Crippen LogP contribution in [0.15, 0.2) is 0 Å². The van der Waals surface area contributed by atoms with Crippen molar-refractivity contribution in [2.24, 2.45) is 5.92 Å². The molecule has 0 aliphatic carbocycles. The van der Waals surface area contributed by atoms with Crippen molar-refractivity contribution in [2.75, 3.05) is 19.8 Å². The fourth-order valence-corrected chi connectivity index (χ4v) is 5.58. The molecule has 0 amide bonds. The zero-order valence-electron chi connectivity index (χ0n) is 18.6. The summed E-state index contributed by atoms with van der Waals surface area (Å²) in [4.78, 5) is 0. The first-order valence-corrected chi connectivity index (χ1v) is 12.3. The monoisotopic (exact) mass is 400 g/mol. The Morgan fingerprint density at radius 2 is 1.63 bits per heavy atom. The molecule has 0 N–H and O–H groups in total. The lowest BCUT2D eigenvalue weighted by Crippen LogP contribution is -2.70. The second-order valence-electron chi connectivity index (χ2n) is 8.60. The molecule has 0 aromatic rings. The van der Waals surface area contributed by atoms with Crippen molar-refractivity contribution >= 4 is 10.5 Å². The summed E-state index contributed by atoms with van der Waals surface area (Å²) in [5.41, 5.74) is -0.691. The normalized spacial score (nSPS) is 28.0. The molecule has 0 radical (unpaired) electrons. The van der Waals surface area contributed by atoms with Crippen LogP contribution in [0.3, 0.4) is 0 Å². The van der Waals surface area contributed by atoms with Gasteiger partial charge in [-0.05, 0) is 39.0 Å². The van der Waals surface area contributed by atoms with Crippen LogP contribution < -0.4 is 0 Å². The molecule has 5 atom stereocenters. The molecule has 2 rings (SSSR count). The van der Waals surface area contributed by atoms with Crippen molar-refractivity contribution in [1.82, 2.24) is 0 Å². The Labute approximate surface area is 170 Å². The van der Waals surface area contributed by atoms with Gasteiger partial charge in [0.25, 0.3) is 0 Å². The third-order valence-electron chi connectivity index (χ3n) is 7.00. The van der Waals surface area contributed by atoms with Gasteiger partial charge in [0.05, 0.1) is 17.8 Å². The SMILES string of the molecule is CCCCOC(CCCC)(C1CCO1)C(C)(O[SiH3])C(CCCC)C1CCO1. The predicted octanol–water partition coefficient (Wildman–Crippen LogP) is 4.17. The van der Waals surface area contributed by atoms with Gasteiger partial charge >= 0.3 is 0 Å². The molecule has 4 nitrogen and oxygen atoms in total. The average molecular weight is 401 g/mol. The van der Waals surface area contributed by atoms with Crippen LogP contribution in [0.4, 0.5) is 0 Å². The van der Waals surface area contributed by atoms with Crippen molar-refractivity contribution in [2.45, 2.75) is 115 Å². The smallest absolute Gasteiger partial charge is 0.146 e. The van der Waals surface area contributed by atoms with Gasteiger partial charge < -0.3 is 18.6 Å². The maximum atomic E-state index is 6.83. The quantitative estimate of drug-likeness (QED) is 0.305. The van der Waals surface area contributed by atoms with Crippen molar-refractivity contribution in [3.8, 4) is 0 Å². The Morgan fingerprint density at radius 3 is 2.07 bits per heavy atom. The van der Waals surface area contributed by atoms with Gasteiger partial charge in [0, 0.05) is 25.7 Å². The highest BCUT2D eigenvalue weighted by Crippen LogP contribution is 2.50. The van der Waals surface area contributed by atoms with E-state index >= 15 is 0 Å². The summed E-state index contributed by atoms with van der Waals surface area (Å²) in [6, 6.07) is 0. The molecule has 5 unspecified atom stereocenters. The molecule has 2 aliphatic rings. The molecule has 0 spiro atoms. The minimum absolute atomic E-state index is 0.157. The fourth-order valence-electron chi connectivity index (χ4n) is 4.93. The third-order valence-corrected chi connectivity index (χ3v) is 7.85. The minimum Gasteiger partial charge on any atom is -0.419 e. The maximum absolute atomic E-state index is 6.83. The molecule has 5 heteroatoms. The van der Waals surface area contributed by atoms with Gasteiger partial charge in [-0.3, -0.25) is 0 Å². The van der Waals surface area contributed by atoms with Crippen LogP contribution in [0.5, 0.6) is 0 Å². The van der Waals surface area contributed by atoms with Crippen LogP contribution in [0.2, 0.25) is 0 Å². The summed E-state index contributed by atoms with van der Waals surface area (Å²) in [6.45, 7) is 11.6. The van der Waals surface area contributed by atoms with Gasteiger partial charge in [0.1, 0.15) is 16.1 Å². The lowest BCUT2D eigenvalue weighted by molar-refractivity contribution is -0.288. The zero-order chi connectivity index (χ0) is 19.8. The van der Waals surface area contributed by atoms with Gasteiger partial charge in [-0.1, -0.05) is 52.9 Å². The molecule has 2 fully saturated rings. The Hall–Kier alpha value is 0.0569. The van der Waals surface area contributed by atoms with E-state index < -0.39 is 0 Å². The van der Waals surface area contributed by atoms with E-state index in [0.29, 0.717) is 22.5 Å². The van der Waals surface area contributed by atoms with Crippen LogP contribution in [0, 0.1) is 5.92 Å². The van der Waals surface area contributed by atoms with Crippen molar-refractivity contribution in [3.05, 3.63) is 0 Å². The predicted molar refractivity (Wildman–Crippen MR) is 114 cm³/mol. The summed E-state index contributed by atoms with van der Waals surface area (Å²) >= 11 is 0. The van der Waals surface area contributed by atoms with E-state index in [1.54, 1.807) is 0 Å². The lowest BCUT2D eigenvalue weighted by Gasteiger charge is -2.59. The summed E-state index contributed by atoms with van der Waals surface area (Å²) in [5.74, 6) is 0.381. The van der Waals surface area contributed by atoms with E-state index in [2.05, 4.69) is 27.7 Å². The lowest BCUT2D eigenvalue weighted by atomic mass is 9.64. The number of hydrogen-bond acceptors (Lipinski definition) is 4. The number of hydrogen-bond donors (Lipinski definition) is 0. The maximum Gasteiger partial charge on any atom is 0.146 e. The van der Waals surface area contributed by atoms with E-state index in [1.807, 2.05) is 0 Å². The summed E-state index contributed by atoms with van der Waals surface area (Å²) in [5, 5.41) is 0. The molecule has 160 valence electrons. The standard InChI is InChI=1S/C22H44O4Si/c1-5-8-11-18(19-12-16-23-19)21(4,26-27)22(14-9-6-2,20-13-17-24-20)25-15-10-7-3/h18-20H,5-17H2,1-4,27H3. The van der Waals surface area contributed by atoms with E-state index in [4.69, 9.17) is 18.6 Å². The second-order valence-corrected chi connectivity index (χ2v) is 9.01. The average Bonchev–Trinajstić information content (AvgIpc) is 2.59. The van der Waals surface area contributed by atoms with Crippen molar-refractivity contribution in [3.63, 3.8) is 0 Å². The van der Waals surface area contributed by atoms with Gasteiger partial charge in [-0.25, -0.2) is 0 Å². The highest BCUT2D eigenvalue weighted by atomic mass is 28.2. The van der Waals surface area contributed by atoms with Gasteiger partial charge in [-0.2, -0.15) is 0 Å². The number of unbranched alkanes of at least 4 members (excludes halogenated alkanes) is 3. The van der Waals surface area contributed by atoms with Gasteiger partial charge in [0.15, 0.2) is 0 Å². The van der Waals surface area contributed by atoms with Gasteiger partial charge in [0.2, 0.25) is 0 Å². The summed E-state index contributed by atoms with van der Waals surface area (Å²) < 4.78 is 25.5. The Balaban J connectivity index is 2.37. The first-order chi connectivity index (χ1) is 13.1. The highest BCUT2D eigenvalue weighted by Gasteiger charge is 2.61. The van der Waals surface area contributed by atoms with Crippen LogP contribution in [0.1, 0.15) is 91.9 Å². The molecule has 0 aromatic carbocycles. The van der Waals surface area contributed by atoms with Gasteiger partial charge in [-0.15, -0.1) is 0 Å². The molecule has 2 saturated heterocycles. The van der Waals surface area contributed by atoms with Crippen molar-refractivity contribution in [1.29, 1.82) is 0 Å². The van der Waals surface area contributed by atoms with Crippen LogP contribution >= 0.6 is 0 Å². The minimum atomic E-state index is -0.352. The van der Waals surface area contributed by atoms with Crippen LogP contribution in [-0.4, -0.2) is 53.7 Å². The zero-order valence-corrected chi connectivity index (χ0v) is 20.6. The number of rotatable bonds is 15. The molecule has 0 bridgehead atoms. The Kier molecular flexibility index (Phi) is 9.76. The Morgan fingerprint density at radius 1 is 1.00 bits per heavy atom. The van der Waals surface area contributed by atoms with E-state index in [-0.39, 0.29) is 17.3 Å². The molecule has 0 aromatic heterocycles. The van der Waals surface area contributed by atoms with Crippen LogP contribution in [-0.2, 0) is 18.6 Å². The van der Waals surface area contributed by atoms with Crippen molar-refractivity contribution < 1.29 is 18.6 Å². The Bertz CT molecular complexity index is 413. The first kappa shape index (κ1) is 23.3. The second kappa shape index (κ2) is 11.3. The van der Waals surface area contributed by atoms with E-state index in [9.17, 15) is 0 Å². The topological polar surface area (TPSA) is 36.9 Å². The fraction of sp³-hybridized carbons (Fsp3) is 1.00. The molecule has 2 aliphatic heterocycles. The van der Waals surface area contributed by atoms with E-state index in [1.165, 1.54) is 19.3 Å². The van der Waals surface area contributed by atoms with E-state index in [0.717, 1.165) is 64.8 Å².